The molecule has 0 aliphatic heterocycles. The number of amides is 1. The van der Waals surface area contributed by atoms with E-state index >= 15 is 0 Å². The van der Waals surface area contributed by atoms with Gasteiger partial charge >= 0.3 is 0 Å². The number of hydrogen-bond donors (Lipinski definition) is 0. The van der Waals surface area contributed by atoms with Gasteiger partial charge in [0.1, 0.15) is 0 Å². The minimum absolute atomic E-state index is 0.179. The van der Waals surface area contributed by atoms with E-state index < -0.39 is 10.8 Å². The first kappa shape index (κ1) is 23.0. The van der Waals surface area contributed by atoms with Crippen molar-refractivity contribution in [1.82, 2.24) is 14.7 Å². The average Bonchev–Trinajstić information content (AvgIpc) is 3.27. The van der Waals surface area contributed by atoms with Crippen LogP contribution in [0.4, 0.5) is 0 Å². The summed E-state index contributed by atoms with van der Waals surface area (Å²) < 4.78 is 14.3. The highest BCUT2D eigenvalue weighted by molar-refractivity contribution is 7.85. The van der Waals surface area contributed by atoms with Crippen LogP contribution in [0.25, 0.3) is 16.9 Å². The van der Waals surface area contributed by atoms with E-state index in [4.69, 9.17) is 16.7 Å². The Hall–Kier alpha value is -3.22. The average molecular weight is 478 g/mol. The Morgan fingerprint density at radius 1 is 1.00 bits per heavy atom. The number of para-hydroxylation sites is 1. The molecule has 1 heterocycles. The number of nitrogens with zero attached hydrogens (tertiary/aromatic N) is 3. The minimum atomic E-state index is -1.22. The fraction of sp³-hybridized carbons (Fsp3) is 0.154. The van der Waals surface area contributed by atoms with Gasteiger partial charge in [-0.3, -0.25) is 9.00 Å². The smallest absolute Gasteiger partial charge is 0.255 e. The lowest BCUT2D eigenvalue weighted by Crippen LogP contribution is -2.27. The molecule has 3 aromatic carbocycles. The molecule has 4 aromatic rings. The maximum Gasteiger partial charge on any atom is 0.255 e. The third-order valence-electron chi connectivity index (χ3n) is 5.31. The first-order valence-electron chi connectivity index (χ1n) is 10.6. The SMILES string of the molecule is CC[S@@](=O)c1ccccc1C(=O)N(C)Cc1cn(-c2ccccc2)nc1-c1ccc(Cl)cc1. The summed E-state index contributed by atoms with van der Waals surface area (Å²) in [5.74, 6) is 0.278. The first-order chi connectivity index (χ1) is 16.0. The van der Waals surface area contributed by atoms with Crippen LogP contribution in [0, 0.1) is 0 Å². The highest BCUT2D eigenvalue weighted by Gasteiger charge is 2.21. The molecule has 1 amide bonds. The number of hydrogen-bond acceptors (Lipinski definition) is 3. The second-order valence-corrected chi connectivity index (χ2v) is 9.73. The second-order valence-electron chi connectivity index (χ2n) is 7.58. The van der Waals surface area contributed by atoms with Crippen molar-refractivity contribution in [2.75, 3.05) is 12.8 Å². The molecular formula is C26H24ClN3O2S. The molecule has 33 heavy (non-hydrogen) atoms. The predicted octanol–water partition coefficient (Wildman–Crippen LogP) is 5.59. The highest BCUT2D eigenvalue weighted by atomic mass is 35.5. The molecule has 7 heteroatoms. The summed E-state index contributed by atoms with van der Waals surface area (Å²) in [6.07, 6.45) is 1.94. The van der Waals surface area contributed by atoms with E-state index in [0.29, 0.717) is 27.8 Å². The van der Waals surface area contributed by atoms with Gasteiger partial charge in [-0.1, -0.05) is 61.0 Å². The zero-order valence-electron chi connectivity index (χ0n) is 18.4. The van der Waals surface area contributed by atoms with Crippen LogP contribution < -0.4 is 0 Å². The van der Waals surface area contributed by atoms with Crippen molar-refractivity contribution in [2.24, 2.45) is 0 Å². The van der Waals surface area contributed by atoms with Crippen LogP contribution in [-0.2, 0) is 17.3 Å². The van der Waals surface area contributed by atoms with Crippen LogP contribution >= 0.6 is 11.6 Å². The first-order valence-corrected chi connectivity index (χ1v) is 12.3. The molecule has 0 spiro atoms. The summed E-state index contributed by atoms with van der Waals surface area (Å²) in [6, 6.07) is 24.4. The van der Waals surface area contributed by atoms with Crippen molar-refractivity contribution in [2.45, 2.75) is 18.4 Å². The maximum absolute atomic E-state index is 13.3. The molecule has 5 nitrogen and oxygen atoms in total. The van der Waals surface area contributed by atoms with Gasteiger partial charge in [0.2, 0.25) is 0 Å². The Morgan fingerprint density at radius 3 is 2.36 bits per heavy atom. The Bertz CT molecular complexity index is 1290. The summed E-state index contributed by atoms with van der Waals surface area (Å²) in [6.45, 7) is 2.19. The lowest BCUT2D eigenvalue weighted by atomic mass is 10.1. The summed E-state index contributed by atoms with van der Waals surface area (Å²) in [7, 11) is 0.530. The standard InChI is InChI=1S/C26H24ClN3O2S/c1-3-33(32)24-12-8-7-11-23(24)26(31)29(2)17-20-18-30(22-9-5-4-6-10-22)28-25(20)19-13-15-21(27)16-14-19/h4-16,18H,3,17H2,1-2H3/t33-/m1/s1. The third-order valence-corrected chi connectivity index (χ3v) is 6.93. The molecule has 0 aliphatic carbocycles. The van der Waals surface area contributed by atoms with Crippen molar-refractivity contribution in [3.63, 3.8) is 0 Å². The van der Waals surface area contributed by atoms with Gasteiger partial charge in [-0.05, 0) is 36.4 Å². The van der Waals surface area contributed by atoms with Crippen molar-refractivity contribution < 1.29 is 9.00 Å². The number of aromatic nitrogens is 2. The number of carbonyl (C=O) groups excluding carboxylic acids is 1. The van der Waals surface area contributed by atoms with E-state index in [9.17, 15) is 9.00 Å². The molecule has 0 unspecified atom stereocenters. The molecule has 0 aliphatic rings. The highest BCUT2D eigenvalue weighted by Crippen LogP contribution is 2.27. The third kappa shape index (κ3) is 5.07. The van der Waals surface area contributed by atoms with Crippen molar-refractivity contribution in [3.05, 3.63) is 101 Å². The minimum Gasteiger partial charge on any atom is -0.337 e. The van der Waals surface area contributed by atoms with Crippen LogP contribution in [0.15, 0.2) is 90.0 Å². The van der Waals surface area contributed by atoms with Crippen LogP contribution in [0.1, 0.15) is 22.8 Å². The normalized spacial score (nSPS) is 11.8. The van der Waals surface area contributed by atoms with E-state index in [1.165, 1.54) is 0 Å². The molecule has 0 saturated heterocycles. The van der Waals surface area contributed by atoms with Crippen LogP contribution in [-0.4, -0.2) is 37.6 Å². The van der Waals surface area contributed by atoms with Crippen LogP contribution in [0.5, 0.6) is 0 Å². The molecule has 0 radical (unpaired) electrons. The number of halogens is 1. The van der Waals surface area contributed by atoms with Gasteiger partial charge in [-0.25, -0.2) is 4.68 Å². The summed E-state index contributed by atoms with van der Waals surface area (Å²) in [5.41, 5.74) is 3.98. The molecule has 1 atom stereocenters. The van der Waals surface area contributed by atoms with Crippen molar-refractivity contribution in [1.29, 1.82) is 0 Å². The largest absolute Gasteiger partial charge is 0.337 e. The molecule has 0 N–H and O–H groups in total. The maximum atomic E-state index is 13.3. The van der Waals surface area contributed by atoms with Gasteiger partial charge < -0.3 is 4.90 Å². The monoisotopic (exact) mass is 477 g/mol. The Balaban J connectivity index is 1.70. The van der Waals surface area contributed by atoms with Gasteiger partial charge in [0.25, 0.3) is 5.91 Å². The molecule has 0 bridgehead atoms. The molecule has 4 rings (SSSR count). The Morgan fingerprint density at radius 2 is 1.67 bits per heavy atom. The predicted molar refractivity (Wildman–Crippen MR) is 133 cm³/mol. The van der Waals surface area contributed by atoms with Gasteiger partial charge in [-0.2, -0.15) is 5.10 Å². The van der Waals surface area contributed by atoms with E-state index in [1.807, 2.05) is 78.5 Å². The Kier molecular flexibility index (Phi) is 7.06. The Labute approximate surface area is 201 Å². The quantitative estimate of drug-likeness (QED) is 0.348. The second kappa shape index (κ2) is 10.1. The summed E-state index contributed by atoms with van der Waals surface area (Å²) >= 11 is 6.08. The zero-order chi connectivity index (χ0) is 23.4. The van der Waals surface area contributed by atoms with Crippen LogP contribution in [0.2, 0.25) is 5.02 Å². The van der Waals surface area contributed by atoms with Crippen LogP contribution in [0.3, 0.4) is 0 Å². The number of rotatable bonds is 7. The van der Waals surface area contributed by atoms with Crippen molar-refractivity contribution in [3.8, 4) is 16.9 Å². The molecule has 1 aromatic heterocycles. The molecule has 0 fully saturated rings. The van der Waals surface area contributed by atoms with Gasteiger partial charge in [0.15, 0.2) is 0 Å². The lowest BCUT2D eigenvalue weighted by molar-refractivity contribution is 0.0781. The van der Waals surface area contributed by atoms with E-state index in [-0.39, 0.29) is 5.91 Å². The fourth-order valence-electron chi connectivity index (χ4n) is 3.62. The summed E-state index contributed by atoms with van der Waals surface area (Å²) in [4.78, 5) is 15.5. The zero-order valence-corrected chi connectivity index (χ0v) is 20.0. The molecule has 168 valence electrons. The van der Waals surface area contributed by atoms with Gasteiger partial charge in [-0.15, -0.1) is 0 Å². The lowest BCUT2D eigenvalue weighted by Gasteiger charge is -2.19. The van der Waals surface area contributed by atoms with Gasteiger partial charge in [0.05, 0.1) is 32.6 Å². The number of benzene rings is 3. The fourth-order valence-corrected chi connectivity index (χ4v) is 4.69. The van der Waals surface area contributed by atoms with E-state index in [1.54, 1.807) is 30.1 Å². The van der Waals surface area contributed by atoms with Crippen molar-refractivity contribution >= 4 is 28.3 Å². The van der Waals surface area contributed by atoms with E-state index in [2.05, 4.69) is 0 Å². The van der Waals surface area contributed by atoms with E-state index in [0.717, 1.165) is 22.5 Å². The van der Waals surface area contributed by atoms with Gasteiger partial charge in [0, 0.05) is 41.7 Å². The molecule has 0 saturated carbocycles. The number of carbonyl (C=O) groups is 1. The topological polar surface area (TPSA) is 55.2 Å². The molecular weight excluding hydrogens is 454 g/mol. The summed E-state index contributed by atoms with van der Waals surface area (Å²) in [5, 5.41) is 5.46.